The molecule has 0 radical (unpaired) electrons. The highest BCUT2D eigenvalue weighted by Gasteiger charge is 2.23. The lowest BCUT2D eigenvalue weighted by Gasteiger charge is -2.34. The van der Waals surface area contributed by atoms with Crippen LogP contribution >= 0.6 is 0 Å². The van der Waals surface area contributed by atoms with Crippen LogP contribution in [-0.4, -0.2) is 55.7 Å². The van der Waals surface area contributed by atoms with E-state index in [4.69, 9.17) is 4.74 Å². The predicted octanol–water partition coefficient (Wildman–Crippen LogP) is 2.34. The van der Waals surface area contributed by atoms with Crippen LogP contribution in [0.3, 0.4) is 0 Å². The maximum Gasteiger partial charge on any atom is 0.222 e. The summed E-state index contributed by atoms with van der Waals surface area (Å²) >= 11 is 0. The lowest BCUT2D eigenvalue weighted by atomic mass is 9.81. The van der Waals surface area contributed by atoms with E-state index < -0.39 is 0 Å². The molecule has 20 heavy (non-hydrogen) atoms. The molecule has 0 spiro atoms. The highest BCUT2D eigenvalue weighted by Crippen LogP contribution is 2.31. The van der Waals surface area contributed by atoms with Gasteiger partial charge in [0.25, 0.3) is 0 Å². The summed E-state index contributed by atoms with van der Waals surface area (Å²) in [5, 5.41) is 0. The molecular formula is C16H30N2O2. The molecule has 2 aliphatic rings. The summed E-state index contributed by atoms with van der Waals surface area (Å²) in [7, 11) is 1.72. The predicted molar refractivity (Wildman–Crippen MR) is 80.4 cm³/mol. The quantitative estimate of drug-likeness (QED) is 0.776. The third-order valence-electron chi connectivity index (χ3n) is 4.94. The summed E-state index contributed by atoms with van der Waals surface area (Å²) in [6.07, 6.45) is 7.22. The molecule has 0 aromatic rings. The van der Waals surface area contributed by atoms with Gasteiger partial charge in [-0.25, -0.2) is 0 Å². The molecule has 1 amide bonds. The van der Waals surface area contributed by atoms with Crippen LogP contribution in [0.5, 0.6) is 0 Å². The molecule has 1 aliphatic heterocycles. The number of hydrogen-bond acceptors (Lipinski definition) is 3. The maximum absolute atomic E-state index is 12.2. The van der Waals surface area contributed by atoms with Crippen molar-refractivity contribution in [3.8, 4) is 0 Å². The van der Waals surface area contributed by atoms with Crippen LogP contribution < -0.4 is 0 Å². The van der Waals surface area contributed by atoms with Crippen molar-refractivity contribution in [2.24, 2.45) is 11.8 Å². The molecule has 0 bridgehead atoms. The number of rotatable bonds is 5. The summed E-state index contributed by atoms with van der Waals surface area (Å²) in [4.78, 5) is 16.5. The van der Waals surface area contributed by atoms with Crippen LogP contribution in [0.15, 0.2) is 0 Å². The Morgan fingerprint density at radius 3 is 2.35 bits per heavy atom. The molecule has 4 nitrogen and oxygen atoms in total. The molecule has 0 aromatic heterocycles. The van der Waals surface area contributed by atoms with Crippen LogP contribution in [0, 0.1) is 11.8 Å². The number of nitrogens with zero attached hydrogens (tertiary/aromatic N) is 2. The van der Waals surface area contributed by atoms with Crippen molar-refractivity contribution in [3.63, 3.8) is 0 Å². The molecule has 2 fully saturated rings. The summed E-state index contributed by atoms with van der Waals surface area (Å²) in [5.74, 6) is 2.06. The number of carbonyl (C=O) groups excluding carboxylic acids is 1. The molecule has 1 saturated carbocycles. The van der Waals surface area contributed by atoms with Gasteiger partial charge in [-0.05, 0) is 18.3 Å². The molecule has 1 saturated heterocycles. The van der Waals surface area contributed by atoms with Crippen LogP contribution in [0.2, 0.25) is 0 Å². The minimum atomic E-state index is 0.362. The summed E-state index contributed by atoms with van der Waals surface area (Å²) in [5.41, 5.74) is 0. The van der Waals surface area contributed by atoms with E-state index in [9.17, 15) is 4.79 Å². The minimum Gasteiger partial charge on any atom is -0.369 e. The fourth-order valence-electron chi connectivity index (χ4n) is 3.41. The third kappa shape index (κ3) is 4.74. The first-order valence-corrected chi connectivity index (χ1v) is 8.18. The highest BCUT2D eigenvalue weighted by atomic mass is 16.5. The largest absolute Gasteiger partial charge is 0.369 e. The molecule has 0 aromatic carbocycles. The molecule has 1 heterocycles. The van der Waals surface area contributed by atoms with E-state index in [0.717, 1.165) is 50.9 Å². The van der Waals surface area contributed by atoms with Crippen LogP contribution in [0.25, 0.3) is 0 Å². The van der Waals surface area contributed by atoms with Crippen molar-refractivity contribution < 1.29 is 9.53 Å². The fraction of sp³-hybridized carbons (Fsp3) is 0.938. The average Bonchev–Trinajstić information content (AvgIpc) is 2.47. The van der Waals surface area contributed by atoms with Gasteiger partial charge in [-0.15, -0.1) is 0 Å². The summed E-state index contributed by atoms with van der Waals surface area (Å²) in [6, 6.07) is 0. The standard InChI is InChI=1S/C16H30N2O2/c1-14-3-5-15(6-4-14)7-8-16(19)18-11-9-17(10-12-18)13-20-2/h14-15H,3-13H2,1-2H3. The zero-order chi connectivity index (χ0) is 14.4. The Bertz CT molecular complexity index is 293. The molecule has 0 unspecified atom stereocenters. The first-order chi connectivity index (χ1) is 9.69. The second-order valence-corrected chi connectivity index (χ2v) is 6.58. The lowest BCUT2D eigenvalue weighted by molar-refractivity contribution is -0.134. The molecule has 116 valence electrons. The van der Waals surface area contributed by atoms with Gasteiger partial charge in [-0.1, -0.05) is 32.6 Å². The fourth-order valence-corrected chi connectivity index (χ4v) is 3.41. The van der Waals surface area contributed by atoms with Crippen molar-refractivity contribution in [2.45, 2.75) is 45.4 Å². The van der Waals surface area contributed by atoms with E-state index in [-0.39, 0.29) is 0 Å². The van der Waals surface area contributed by atoms with Gasteiger partial charge in [0.05, 0.1) is 6.73 Å². The van der Waals surface area contributed by atoms with Crippen LogP contribution in [0.1, 0.15) is 45.4 Å². The van der Waals surface area contributed by atoms with Gasteiger partial charge >= 0.3 is 0 Å². The highest BCUT2D eigenvalue weighted by molar-refractivity contribution is 5.76. The van der Waals surface area contributed by atoms with Crippen molar-refractivity contribution in [1.29, 1.82) is 0 Å². The Kier molecular flexibility index (Phi) is 6.30. The Labute approximate surface area is 123 Å². The zero-order valence-electron chi connectivity index (χ0n) is 13.1. The number of piperazine rings is 1. The molecule has 2 rings (SSSR count). The van der Waals surface area contributed by atoms with Gasteiger partial charge < -0.3 is 9.64 Å². The van der Waals surface area contributed by atoms with Gasteiger partial charge in [0, 0.05) is 39.7 Å². The Morgan fingerprint density at radius 2 is 1.75 bits per heavy atom. The topological polar surface area (TPSA) is 32.8 Å². The second-order valence-electron chi connectivity index (χ2n) is 6.58. The second kappa shape index (κ2) is 7.99. The monoisotopic (exact) mass is 282 g/mol. The number of ether oxygens (including phenoxy) is 1. The van der Waals surface area contributed by atoms with Gasteiger partial charge in [0.15, 0.2) is 0 Å². The van der Waals surface area contributed by atoms with Crippen molar-refractivity contribution in [2.75, 3.05) is 40.0 Å². The van der Waals surface area contributed by atoms with Gasteiger partial charge in [-0.2, -0.15) is 0 Å². The Balaban J connectivity index is 1.63. The lowest BCUT2D eigenvalue weighted by Crippen LogP contribution is -2.49. The van der Waals surface area contributed by atoms with Crippen molar-refractivity contribution in [1.82, 2.24) is 9.80 Å². The first kappa shape index (κ1) is 15.8. The summed E-state index contributed by atoms with van der Waals surface area (Å²) in [6.45, 7) is 6.65. The van der Waals surface area contributed by atoms with Gasteiger partial charge in [-0.3, -0.25) is 9.69 Å². The SMILES string of the molecule is COCN1CCN(C(=O)CCC2CCC(C)CC2)CC1. The Morgan fingerprint density at radius 1 is 1.10 bits per heavy atom. The smallest absolute Gasteiger partial charge is 0.222 e. The van der Waals surface area contributed by atoms with Gasteiger partial charge in [0.1, 0.15) is 0 Å². The molecule has 0 atom stereocenters. The van der Waals surface area contributed by atoms with Crippen molar-refractivity contribution in [3.05, 3.63) is 0 Å². The number of hydrogen-bond donors (Lipinski definition) is 0. The molecule has 0 N–H and O–H groups in total. The normalized spacial score (nSPS) is 28.6. The van der Waals surface area contributed by atoms with E-state index >= 15 is 0 Å². The van der Waals surface area contributed by atoms with Crippen LogP contribution in [-0.2, 0) is 9.53 Å². The molecule has 1 aliphatic carbocycles. The minimum absolute atomic E-state index is 0.362. The van der Waals surface area contributed by atoms with E-state index in [0.29, 0.717) is 12.6 Å². The summed E-state index contributed by atoms with van der Waals surface area (Å²) < 4.78 is 5.13. The first-order valence-electron chi connectivity index (χ1n) is 8.18. The Hall–Kier alpha value is -0.610. The maximum atomic E-state index is 12.2. The number of carbonyl (C=O) groups is 1. The van der Waals surface area contributed by atoms with Gasteiger partial charge in [0.2, 0.25) is 5.91 Å². The molecule has 4 heteroatoms. The number of methoxy groups -OCH3 is 1. The molecular weight excluding hydrogens is 252 g/mol. The van der Waals surface area contributed by atoms with E-state index in [2.05, 4.69) is 11.8 Å². The third-order valence-corrected chi connectivity index (χ3v) is 4.94. The number of amides is 1. The average molecular weight is 282 g/mol. The van der Waals surface area contributed by atoms with Crippen molar-refractivity contribution >= 4 is 5.91 Å². The van der Waals surface area contributed by atoms with E-state index in [1.807, 2.05) is 4.90 Å². The van der Waals surface area contributed by atoms with E-state index in [1.54, 1.807) is 7.11 Å². The van der Waals surface area contributed by atoms with E-state index in [1.165, 1.54) is 25.7 Å². The van der Waals surface area contributed by atoms with Crippen LogP contribution in [0.4, 0.5) is 0 Å². The zero-order valence-corrected chi connectivity index (χ0v) is 13.1.